The Bertz CT molecular complexity index is 878. The summed E-state index contributed by atoms with van der Waals surface area (Å²) in [6.07, 6.45) is 2.95. The van der Waals surface area contributed by atoms with Crippen molar-refractivity contribution in [3.05, 3.63) is 57.3 Å². The van der Waals surface area contributed by atoms with Crippen LogP contribution < -0.4 is 11.0 Å². The third-order valence-electron chi connectivity index (χ3n) is 4.82. The van der Waals surface area contributed by atoms with Crippen LogP contribution in [0.3, 0.4) is 0 Å². The summed E-state index contributed by atoms with van der Waals surface area (Å²) in [6.45, 7) is 5.72. The van der Waals surface area contributed by atoms with Crippen LogP contribution >= 0.6 is 0 Å². The van der Waals surface area contributed by atoms with E-state index in [2.05, 4.69) is 53.6 Å². The van der Waals surface area contributed by atoms with Crippen molar-refractivity contribution < 1.29 is 4.79 Å². The number of urea groups is 1. The van der Waals surface area contributed by atoms with Gasteiger partial charge in [-0.15, -0.1) is 0 Å². The number of carbonyl (C=O) groups excluding carboxylic acids is 1. The van der Waals surface area contributed by atoms with Crippen molar-refractivity contribution in [2.45, 2.75) is 26.8 Å². The quantitative estimate of drug-likeness (QED) is 0.892. The van der Waals surface area contributed by atoms with E-state index >= 15 is 0 Å². The molecule has 2 heterocycles. The zero-order chi connectivity index (χ0) is 18.0. The molecule has 132 valence electrons. The second-order valence-electron chi connectivity index (χ2n) is 6.34. The summed E-state index contributed by atoms with van der Waals surface area (Å²) in [5, 5.41) is 9.05. The number of aromatic amines is 1. The molecule has 0 bridgehead atoms. The van der Waals surface area contributed by atoms with E-state index < -0.39 is 0 Å². The minimum Gasteiger partial charge on any atom is -0.331 e. The minimum absolute atomic E-state index is 0.147. The fourth-order valence-corrected chi connectivity index (χ4v) is 3.00. The zero-order valence-electron chi connectivity index (χ0n) is 14.8. The molecule has 2 aromatic rings. The van der Waals surface area contributed by atoms with Crippen molar-refractivity contribution in [1.29, 1.82) is 0 Å². The molecule has 7 nitrogen and oxygen atoms in total. The van der Waals surface area contributed by atoms with E-state index in [9.17, 15) is 9.59 Å². The van der Waals surface area contributed by atoms with E-state index in [1.54, 1.807) is 11.9 Å². The standard InChI is InChI=1S/C18H23N5O2/c1-12-5-4-6-15(13(12)2)14-7-9-23(10-8-14)17(24)19-11-16-20-21-18(25)22(16)3/h4-7H,8-11H2,1-3H3,(H,19,24)(H,21,25). The number of rotatable bonds is 3. The topological polar surface area (TPSA) is 83.0 Å². The number of aromatic nitrogens is 3. The summed E-state index contributed by atoms with van der Waals surface area (Å²) in [7, 11) is 1.62. The lowest BCUT2D eigenvalue weighted by Crippen LogP contribution is -2.42. The average Bonchev–Trinajstić information content (AvgIpc) is 2.94. The molecule has 1 aliphatic heterocycles. The maximum absolute atomic E-state index is 12.3. The van der Waals surface area contributed by atoms with Gasteiger partial charge in [-0.3, -0.25) is 4.57 Å². The van der Waals surface area contributed by atoms with E-state index in [1.807, 2.05) is 0 Å². The molecular weight excluding hydrogens is 318 g/mol. The molecule has 7 heteroatoms. The first-order valence-corrected chi connectivity index (χ1v) is 8.36. The SMILES string of the molecule is Cc1cccc(C2=CCN(C(=O)NCc3n[nH]c(=O)n3C)CC2)c1C. The van der Waals surface area contributed by atoms with E-state index in [1.165, 1.54) is 26.8 Å². The van der Waals surface area contributed by atoms with Crippen LogP contribution in [-0.4, -0.2) is 38.8 Å². The van der Waals surface area contributed by atoms with Gasteiger partial charge in [-0.2, -0.15) is 5.10 Å². The Morgan fingerprint density at radius 2 is 2.16 bits per heavy atom. The van der Waals surface area contributed by atoms with Gasteiger partial charge in [0.15, 0.2) is 5.82 Å². The number of H-pyrrole nitrogens is 1. The summed E-state index contributed by atoms with van der Waals surface area (Å²) < 4.78 is 1.38. The van der Waals surface area contributed by atoms with Gasteiger partial charge in [0, 0.05) is 20.1 Å². The number of hydrogen-bond acceptors (Lipinski definition) is 3. The average molecular weight is 341 g/mol. The van der Waals surface area contributed by atoms with Crippen molar-refractivity contribution in [3.63, 3.8) is 0 Å². The molecule has 3 rings (SSSR count). The predicted octanol–water partition coefficient (Wildman–Crippen LogP) is 1.72. The van der Waals surface area contributed by atoms with Gasteiger partial charge in [-0.1, -0.05) is 24.3 Å². The first kappa shape index (κ1) is 17.0. The molecule has 0 spiro atoms. The van der Waals surface area contributed by atoms with E-state index in [-0.39, 0.29) is 18.3 Å². The molecule has 0 saturated carbocycles. The molecule has 0 unspecified atom stereocenters. The highest BCUT2D eigenvalue weighted by atomic mass is 16.2. The summed E-state index contributed by atoms with van der Waals surface area (Å²) in [5.74, 6) is 0.502. The highest BCUT2D eigenvalue weighted by Crippen LogP contribution is 2.26. The first-order chi connectivity index (χ1) is 12.0. The number of carbonyl (C=O) groups is 1. The fraction of sp³-hybridized carbons (Fsp3) is 0.389. The zero-order valence-corrected chi connectivity index (χ0v) is 14.8. The summed E-state index contributed by atoms with van der Waals surface area (Å²) in [6, 6.07) is 6.18. The first-order valence-electron chi connectivity index (χ1n) is 8.36. The summed E-state index contributed by atoms with van der Waals surface area (Å²) in [5.41, 5.74) is 4.85. The highest BCUT2D eigenvalue weighted by molar-refractivity contribution is 5.77. The van der Waals surface area contributed by atoms with Gasteiger partial charge in [0.25, 0.3) is 0 Å². The molecule has 0 radical (unpaired) electrons. The van der Waals surface area contributed by atoms with Gasteiger partial charge in [-0.25, -0.2) is 14.7 Å². The van der Waals surface area contributed by atoms with Crippen LogP contribution in [0.1, 0.15) is 28.9 Å². The van der Waals surface area contributed by atoms with Crippen LogP contribution in [0.15, 0.2) is 29.1 Å². The van der Waals surface area contributed by atoms with Gasteiger partial charge in [0.05, 0.1) is 6.54 Å². The Labute approximate surface area is 146 Å². The van der Waals surface area contributed by atoms with Crippen LogP contribution in [0, 0.1) is 13.8 Å². The Morgan fingerprint density at radius 1 is 1.36 bits per heavy atom. The highest BCUT2D eigenvalue weighted by Gasteiger charge is 2.19. The monoisotopic (exact) mass is 341 g/mol. The van der Waals surface area contributed by atoms with Gasteiger partial charge in [0.1, 0.15) is 0 Å². The van der Waals surface area contributed by atoms with Crippen molar-refractivity contribution in [3.8, 4) is 0 Å². The molecule has 25 heavy (non-hydrogen) atoms. The van der Waals surface area contributed by atoms with Crippen LogP contribution in [-0.2, 0) is 13.6 Å². The number of hydrogen-bond donors (Lipinski definition) is 2. The van der Waals surface area contributed by atoms with Crippen LogP contribution in [0.4, 0.5) is 4.79 Å². The van der Waals surface area contributed by atoms with E-state index in [0.717, 1.165) is 6.42 Å². The van der Waals surface area contributed by atoms with E-state index in [4.69, 9.17) is 0 Å². The van der Waals surface area contributed by atoms with Crippen LogP contribution in [0.25, 0.3) is 5.57 Å². The normalized spacial score (nSPS) is 14.4. The molecule has 1 aromatic heterocycles. The Kier molecular flexibility index (Phi) is 4.74. The van der Waals surface area contributed by atoms with E-state index in [0.29, 0.717) is 18.9 Å². The molecule has 2 amide bonds. The lowest BCUT2D eigenvalue weighted by Gasteiger charge is -2.27. The number of nitrogens with one attached hydrogen (secondary N) is 2. The van der Waals surface area contributed by atoms with Crippen LogP contribution in [0.5, 0.6) is 0 Å². The molecule has 0 saturated heterocycles. The summed E-state index contributed by atoms with van der Waals surface area (Å²) in [4.78, 5) is 25.4. The maximum Gasteiger partial charge on any atom is 0.343 e. The largest absolute Gasteiger partial charge is 0.343 e. The van der Waals surface area contributed by atoms with Crippen molar-refractivity contribution in [2.24, 2.45) is 7.05 Å². The Hall–Kier alpha value is -2.83. The molecule has 1 aliphatic rings. The number of benzene rings is 1. The predicted molar refractivity (Wildman–Crippen MR) is 96.1 cm³/mol. The minimum atomic E-state index is -0.289. The van der Waals surface area contributed by atoms with Gasteiger partial charge in [0.2, 0.25) is 0 Å². The third kappa shape index (κ3) is 3.50. The number of nitrogens with zero attached hydrogens (tertiary/aromatic N) is 3. The maximum atomic E-state index is 12.3. The Morgan fingerprint density at radius 3 is 2.80 bits per heavy atom. The Balaban J connectivity index is 1.62. The second kappa shape index (κ2) is 6.96. The van der Waals surface area contributed by atoms with Crippen LogP contribution in [0.2, 0.25) is 0 Å². The lowest BCUT2D eigenvalue weighted by molar-refractivity contribution is 0.202. The summed E-state index contributed by atoms with van der Waals surface area (Å²) >= 11 is 0. The molecular formula is C18H23N5O2. The number of aryl methyl sites for hydroxylation is 1. The molecule has 0 atom stereocenters. The van der Waals surface area contributed by atoms with Gasteiger partial charge in [-0.05, 0) is 42.5 Å². The smallest absolute Gasteiger partial charge is 0.331 e. The fourth-order valence-electron chi connectivity index (χ4n) is 3.00. The molecule has 1 aromatic carbocycles. The second-order valence-corrected chi connectivity index (χ2v) is 6.34. The van der Waals surface area contributed by atoms with Crippen molar-refractivity contribution in [1.82, 2.24) is 25.0 Å². The molecule has 2 N–H and O–H groups in total. The van der Waals surface area contributed by atoms with Gasteiger partial charge >= 0.3 is 11.7 Å². The molecule has 0 fully saturated rings. The van der Waals surface area contributed by atoms with Gasteiger partial charge < -0.3 is 10.2 Å². The third-order valence-corrected chi connectivity index (χ3v) is 4.82. The van der Waals surface area contributed by atoms with Crippen molar-refractivity contribution in [2.75, 3.05) is 13.1 Å². The number of amides is 2. The molecule has 0 aliphatic carbocycles. The lowest BCUT2D eigenvalue weighted by atomic mass is 9.93. The van der Waals surface area contributed by atoms with Crippen molar-refractivity contribution >= 4 is 11.6 Å².